The Kier molecular flexibility index (Phi) is 4.39. The third kappa shape index (κ3) is 2.71. The van der Waals surface area contributed by atoms with Crippen molar-refractivity contribution in [1.82, 2.24) is 5.32 Å². The van der Waals surface area contributed by atoms with Gasteiger partial charge in [0.25, 0.3) is 0 Å². The van der Waals surface area contributed by atoms with Crippen LogP contribution in [0.3, 0.4) is 0 Å². The number of hydrogen-bond donors (Lipinski definition) is 2. The van der Waals surface area contributed by atoms with E-state index in [-0.39, 0.29) is 5.54 Å². The average Bonchev–Trinajstić information content (AvgIpc) is 2.61. The molecule has 0 aliphatic heterocycles. The Hall–Kier alpha value is -0.0800. The molecule has 3 N–H and O–H groups in total. The molecule has 0 amide bonds. The van der Waals surface area contributed by atoms with E-state index in [0.29, 0.717) is 6.04 Å². The van der Waals surface area contributed by atoms with E-state index in [2.05, 4.69) is 26.1 Å². The lowest BCUT2D eigenvalue weighted by Gasteiger charge is -2.35. The van der Waals surface area contributed by atoms with Gasteiger partial charge in [0.1, 0.15) is 0 Å². The fraction of sp³-hybridized carbons (Fsp3) is 1.00. The van der Waals surface area contributed by atoms with Crippen molar-refractivity contribution in [3.8, 4) is 0 Å². The van der Waals surface area contributed by atoms with Crippen molar-refractivity contribution < 1.29 is 0 Å². The van der Waals surface area contributed by atoms with Crippen LogP contribution in [0.25, 0.3) is 0 Å². The van der Waals surface area contributed by atoms with E-state index in [4.69, 9.17) is 5.73 Å². The summed E-state index contributed by atoms with van der Waals surface area (Å²) in [6, 6.07) is 0.716. The van der Waals surface area contributed by atoms with Gasteiger partial charge in [-0.25, -0.2) is 0 Å². The molecule has 14 heavy (non-hydrogen) atoms. The van der Waals surface area contributed by atoms with Crippen LogP contribution in [-0.4, -0.2) is 18.1 Å². The summed E-state index contributed by atoms with van der Waals surface area (Å²) in [5.41, 5.74) is 6.08. The summed E-state index contributed by atoms with van der Waals surface area (Å²) in [7, 11) is 0. The summed E-state index contributed by atoms with van der Waals surface area (Å²) < 4.78 is 0. The second-order valence-corrected chi connectivity index (χ2v) is 4.95. The zero-order valence-corrected chi connectivity index (χ0v) is 9.97. The minimum absolute atomic E-state index is 0.203. The first-order valence-corrected chi connectivity index (χ1v) is 6.13. The highest BCUT2D eigenvalue weighted by molar-refractivity contribution is 4.92. The quantitative estimate of drug-likeness (QED) is 0.711. The first kappa shape index (κ1) is 12.0. The molecule has 0 aromatic rings. The Morgan fingerprint density at radius 1 is 1.29 bits per heavy atom. The van der Waals surface area contributed by atoms with Gasteiger partial charge in [-0.3, -0.25) is 0 Å². The van der Waals surface area contributed by atoms with Crippen LogP contribution in [0.2, 0.25) is 0 Å². The summed E-state index contributed by atoms with van der Waals surface area (Å²) in [6.07, 6.45) is 6.34. The Bertz CT molecular complexity index is 155. The van der Waals surface area contributed by atoms with Crippen LogP contribution in [0.5, 0.6) is 0 Å². The molecule has 84 valence electrons. The van der Waals surface area contributed by atoms with Crippen molar-refractivity contribution in [3.05, 3.63) is 0 Å². The highest BCUT2D eigenvalue weighted by Crippen LogP contribution is 2.27. The molecule has 0 aromatic heterocycles. The van der Waals surface area contributed by atoms with Gasteiger partial charge >= 0.3 is 0 Å². The van der Waals surface area contributed by atoms with Crippen LogP contribution in [-0.2, 0) is 0 Å². The molecule has 0 saturated heterocycles. The Balaban J connectivity index is 2.47. The van der Waals surface area contributed by atoms with Gasteiger partial charge in [0.2, 0.25) is 0 Å². The van der Waals surface area contributed by atoms with Crippen molar-refractivity contribution in [2.75, 3.05) is 6.54 Å². The topological polar surface area (TPSA) is 38.0 Å². The lowest BCUT2D eigenvalue weighted by atomic mass is 9.91. The molecule has 1 rings (SSSR count). The fourth-order valence-corrected chi connectivity index (χ4v) is 2.57. The Morgan fingerprint density at radius 2 is 1.93 bits per heavy atom. The molecular weight excluding hydrogens is 172 g/mol. The van der Waals surface area contributed by atoms with Crippen molar-refractivity contribution in [3.63, 3.8) is 0 Å². The summed E-state index contributed by atoms with van der Waals surface area (Å²) >= 11 is 0. The summed E-state index contributed by atoms with van der Waals surface area (Å²) in [5.74, 6) is 0.900. The highest BCUT2D eigenvalue weighted by atomic mass is 15.0. The molecular formula is C12H26N2. The van der Waals surface area contributed by atoms with Gasteiger partial charge in [0.05, 0.1) is 0 Å². The van der Waals surface area contributed by atoms with Gasteiger partial charge in [-0.2, -0.15) is 0 Å². The third-order valence-electron chi connectivity index (χ3n) is 3.95. The van der Waals surface area contributed by atoms with Gasteiger partial charge in [-0.05, 0) is 38.0 Å². The molecule has 2 unspecified atom stereocenters. The maximum absolute atomic E-state index is 5.88. The molecule has 1 saturated carbocycles. The van der Waals surface area contributed by atoms with Crippen molar-refractivity contribution in [1.29, 1.82) is 0 Å². The van der Waals surface area contributed by atoms with Crippen LogP contribution in [0.15, 0.2) is 0 Å². The predicted molar refractivity (Wildman–Crippen MR) is 62.3 cm³/mol. The fourth-order valence-electron chi connectivity index (χ4n) is 2.57. The van der Waals surface area contributed by atoms with E-state index in [0.717, 1.165) is 25.3 Å². The molecule has 0 radical (unpaired) electrons. The molecule has 0 heterocycles. The standard InChI is InChI=1S/C12H26N2/c1-4-12(5-2,9-13)14-11-7-6-10(3)8-11/h10-11,14H,4-9,13H2,1-3H3. The molecule has 1 aliphatic rings. The van der Waals surface area contributed by atoms with Gasteiger partial charge in [-0.1, -0.05) is 20.8 Å². The molecule has 1 aliphatic carbocycles. The van der Waals surface area contributed by atoms with Crippen molar-refractivity contribution >= 4 is 0 Å². The summed E-state index contributed by atoms with van der Waals surface area (Å²) in [6.45, 7) is 7.60. The first-order valence-electron chi connectivity index (χ1n) is 6.13. The van der Waals surface area contributed by atoms with Crippen LogP contribution >= 0.6 is 0 Å². The monoisotopic (exact) mass is 198 g/mol. The zero-order valence-electron chi connectivity index (χ0n) is 9.97. The van der Waals surface area contributed by atoms with E-state index < -0.39 is 0 Å². The van der Waals surface area contributed by atoms with E-state index in [1.807, 2.05) is 0 Å². The smallest absolute Gasteiger partial charge is 0.0301 e. The molecule has 2 atom stereocenters. The minimum atomic E-state index is 0.203. The van der Waals surface area contributed by atoms with Crippen molar-refractivity contribution in [2.24, 2.45) is 11.7 Å². The van der Waals surface area contributed by atoms with Gasteiger partial charge in [0.15, 0.2) is 0 Å². The van der Waals surface area contributed by atoms with Crippen LogP contribution in [0.4, 0.5) is 0 Å². The van der Waals surface area contributed by atoms with Crippen LogP contribution in [0, 0.1) is 5.92 Å². The molecule has 0 aromatic carbocycles. The average molecular weight is 198 g/mol. The van der Waals surface area contributed by atoms with E-state index in [1.54, 1.807) is 0 Å². The second kappa shape index (κ2) is 5.13. The van der Waals surface area contributed by atoms with Gasteiger partial charge in [0, 0.05) is 18.1 Å². The van der Waals surface area contributed by atoms with Crippen molar-refractivity contribution in [2.45, 2.75) is 64.5 Å². The van der Waals surface area contributed by atoms with E-state index in [1.165, 1.54) is 19.3 Å². The Morgan fingerprint density at radius 3 is 2.29 bits per heavy atom. The first-order chi connectivity index (χ1) is 6.65. The summed E-state index contributed by atoms with van der Waals surface area (Å²) in [4.78, 5) is 0. The number of nitrogens with one attached hydrogen (secondary N) is 1. The largest absolute Gasteiger partial charge is 0.329 e. The third-order valence-corrected chi connectivity index (χ3v) is 3.95. The molecule has 1 fully saturated rings. The van der Waals surface area contributed by atoms with Gasteiger partial charge in [-0.15, -0.1) is 0 Å². The number of nitrogens with two attached hydrogens (primary N) is 1. The number of hydrogen-bond acceptors (Lipinski definition) is 2. The van der Waals surface area contributed by atoms with Crippen LogP contribution < -0.4 is 11.1 Å². The molecule has 0 spiro atoms. The lowest BCUT2D eigenvalue weighted by molar-refractivity contribution is 0.270. The highest BCUT2D eigenvalue weighted by Gasteiger charge is 2.30. The SMILES string of the molecule is CCC(CC)(CN)NC1CCC(C)C1. The molecule has 2 heteroatoms. The maximum Gasteiger partial charge on any atom is 0.0301 e. The summed E-state index contributed by atoms with van der Waals surface area (Å²) in [5, 5.41) is 3.78. The normalized spacial score (nSPS) is 28.3. The minimum Gasteiger partial charge on any atom is -0.329 e. The Labute approximate surface area is 88.6 Å². The second-order valence-electron chi connectivity index (χ2n) is 4.95. The maximum atomic E-state index is 5.88. The number of rotatable bonds is 5. The van der Waals surface area contributed by atoms with Gasteiger partial charge < -0.3 is 11.1 Å². The van der Waals surface area contributed by atoms with E-state index in [9.17, 15) is 0 Å². The van der Waals surface area contributed by atoms with E-state index >= 15 is 0 Å². The predicted octanol–water partition coefficient (Wildman–Crippen LogP) is 2.28. The van der Waals surface area contributed by atoms with Crippen LogP contribution in [0.1, 0.15) is 52.9 Å². The molecule has 2 nitrogen and oxygen atoms in total. The molecule has 0 bridgehead atoms. The lowest BCUT2D eigenvalue weighted by Crippen LogP contribution is -2.53. The zero-order chi connectivity index (χ0) is 10.6.